The van der Waals surface area contributed by atoms with Crippen LogP contribution in [0.3, 0.4) is 0 Å². The molecule has 0 heterocycles. The molecule has 14 heavy (non-hydrogen) atoms. The van der Waals surface area contributed by atoms with Crippen LogP contribution in [0.2, 0.25) is 0 Å². The number of methoxy groups -OCH3 is 1. The lowest BCUT2D eigenvalue weighted by Crippen LogP contribution is -2.17. The Morgan fingerprint density at radius 1 is 1.36 bits per heavy atom. The van der Waals surface area contributed by atoms with Crippen molar-refractivity contribution in [2.45, 2.75) is 19.4 Å². The second kappa shape index (κ2) is 5.50. The predicted molar refractivity (Wildman–Crippen MR) is 57.8 cm³/mol. The number of nitrogens with one attached hydrogen (secondary N) is 1. The third-order valence-electron chi connectivity index (χ3n) is 2.10. The van der Waals surface area contributed by atoms with Gasteiger partial charge >= 0.3 is 0 Å². The van der Waals surface area contributed by atoms with E-state index in [-0.39, 0.29) is 6.10 Å². The van der Waals surface area contributed by atoms with Crippen LogP contribution in [-0.2, 0) is 0 Å². The van der Waals surface area contributed by atoms with Gasteiger partial charge < -0.3 is 15.2 Å². The summed E-state index contributed by atoms with van der Waals surface area (Å²) in [6.45, 7) is 2.54. The molecule has 0 aliphatic heterocycles. The number of hydrogen-bond acceptors (Lipinski definition) is 3. The van der Waals surface area contributed by atoms with Crippen molar-refractivity contribution in [3.8, 4) is 5.75 Å². The fourth-order valence-electron chi connectivity index (χ4n) is 1.09. The molecule has 0 saturated heterocycles. The van der Waals surface area contributed by atoms with Crippen molar-refractivity contribution in [2.24, 2.45) is 0 Å². The van der Waals surface area contributed by atoms with Crippen molar-refractivity contribution in [1.29, 1.82) is 0 Å². The zero-order valence-electron chi connectivity index (χ0n) is 8.66. The molecular weight excluding hydrogens is 178 g/mol. The molecule has 0 spiro atoms. The second-order valence-electron chi connectivity index (χ2n) is 3.17. The predicted octanol–water partition coefficient (Wildman–Crippen LogP) is 1.88. The van der Waals surface area contributed by atoms with Crippen LogP contribution in [0.4, 0.5) is 5.69 Å². The first-order valence-corrected chi connectivity index (χ1v) is 4.82. The van der Waals surface area contributed by atoms with Gasteiger partial charge in [-0.05, 0) is 30.7 Å². The SMILES string of the molecule is CCC(O)CNc1ccc(OC)cc1. The number of anilines is 1. The maximum absolute atomic E-state index is 9.33. The lowest BCUT2D eigenvalue weighted by atomic mass is 10.2. The minimum absolute atomic E-state index is 0.280. The van der Waals surface area contributed by atoms with Gasteiger partial charge in [-0.2, -0.15) is 0 Å². The molecule has 3 heteroatoms. The van der Waals surface area contributed by atoms with Gasteiger partial charge in [0.1, 0.15) is 5.75 Å². The van der Waals surface area contributed by atoms with Crippen LogP contribution in [0.5, 0.6) is 5.75 Å². The average Bonchev–Trinajstić information content (AvgIpc) is 2.26. The molecule has 0 aliphatic carbocycles. The van der Waals surface area contributed by atoms with E-state index in [4.69, 9.17) is 4.74 Å². The van der Waals surface area contributed by atoms with E-state index in [1.54, 1.807) is 7.11 Å². The van der Waals surface area contributed by atoms with Gasteiger partial charge in [0.05, 0.1) is 13.2 Å². The number of aliphatic hydroxyl groups is 1. The third kappa shape index (κ3) is 3.26. The van der Waals surface area contributed by atoms with Gasteiger partial charge in [-0.3, -0.25) is 0 Å². The normalized spacial score (nSPS) is 12.2. The fraction of sp³-hybridized carbons (Fsp3) is 0.455. The molecule has 1 atom stereocenters. The minimum atomic E-state index is -0.280. The highest BCUT2D eigenvalue weighted by atomic mass is 16.5. The van der Waals surface area contributed by atoms with Gasteiger partial charge in [0.2, 0.25) is 0 Å². The van der Waals surface area contributed by atoms with Crippen LogP contribution in [0.15, 0.2) is 24.3 Å². The second-order valence-corrected chi connectivity index (χ2v) is 3.17. The van der Waals surface area contributed by atoms with E-state index in [0.717, 1.165) is 17.9 Å². The maximum Gasteiger partial charge on any atom is 0.119 e. The van der Waals surface area contributed by atoms with E-state index in [0.29, 0.717) is 6.54 Å². The Labute approximate surface area is 84.7 Å². The maximum atomic E-state index is 9.33. The van der Waals surface area contributed by atoms with E-state index in [2.05, 4.69) is 5.32 Å². The first-order chi connectivity index (χ1) is 6.76. The van der Waals surface area contributed by atoms with Crippen molar-refractivity contribution in [3.63, 3.8) is 0 Å². The number of aliphatic hydroxyl groups excluding tert-OH is 1. The molecule has 0 fully saturated rings. The third-order valence-corrected chi connectivity index (χ3v) is 2.10. The highest BCUT2D eigenvalue weighted by Gasteiger charge is 1.99. The molecule has 2 N–H and O–H groups in total. The molecule has 0 aromatic heterocycles. The molecule has 0 radical (unpaired) electrons. The summed E-state index contributed by atoms with van der Waals surface area (Å²) in [7, 11) is 1.64. The molecule has 1 aromatic rings. The molecule has 78 valence electrons. The summed E-state index contributed by atoms with van der Waals surface area (Å²) in [6, 6.07) is 7.64. The molecule has 1 rings (SSSR count). The lowest BCUT2D eigenvalue weighted by molar-refractivity contribution is 0.183. The molecule has 3 nitrogen and oxygen atoms in total. The Bertz CT molecular complexity index is 258. The van der Waals surface area contributed by atoms with Crippen LogP contribution < -0.4 is 10.1 Å². The summed E-state index contributed by atoms with van der Waals surface area (Å²) in [6.07, 6.45) is 0.487. The van der Waals surface area contributed by atoms with E-state index in [1.165, 1.54) is 0 Å². The van der Waals surface area contributed by atoms with E-state index >= 15 is 0 Å². The molecule has 1 unspecified atom stereocenters. The molecule has 0 bridgehead atoms. The monoisotopic (exact) mass is 195 g/mol. The number of ether oxygens (including phenoxy) is 1. The van der Waals surface area contributed by atoms with Gasteiger partial charge in [-0.1, -0.05) is 6.92 Å². The zero-order valence-corrected chi connectivity index (χ0v) is 8.66. The molecule has 0 amide bonds. The van der Waals surface area contributed by atoms with Crippen molar-refractivity contribution in [2.75, 3.05) is 19.0 Å². The summed E-state index contributed by atoms with van der Waals surface area (Å²) in [5.74, 6) is 0.839. The summed E-state index contributed by atoms with van der Waals surface area (Å²) in [4.78, 5) is 0. The van der Waals surface area contributed by atoms with Crippen LogP contribution in [0.25, 0.3) is 0 Å². The summed E-state index contributed by atoms with van der Waals surface area (Å²) >= 11 is 0. The molecule has 1 aromatic carbocycles. The van der Waals surface area contributed by atoms with Gasteiger partial charge in [-0.15, -0.1) is 0 Å². The fourth-order valence-corrected chi connectivity index (χ4v) is 1.09. The Kier molecular flexibility index (Phi) is 4.26. The number of rotatable bonds is 5. The van der Waals surface area contributed by atoms with Crippen LogP contribution in [-0.4, -0.2) is 24.9 Å². The van der Waals surface area contributed by atoms with Crippen molar-refractivity contribution < 1.29 is 9.84 Å². The highest BCUT2D eigenvalue weighted by molar-refractivity contribution is 5.46. The topological polar surface area (TPSA) is 41.5 Å². The average molecular weight is 195 g/mol. The largest absolute Gasteiger partial charge is 0.497 e. The van der Waals surface area contributed by atoms with Crippen LogP contribution in [0.1, 0.15) is 13.3 Å². The minimum Gasteiger partial charge on any atom is -0.497 e. The lowest BCUT2D eigenvalue weighted by Gasteiger charge is -2.10. The Hall–Kier alpha value is -1.22. The van der Waals surface area contributed by atoms with E-state index in [9.17, 15) is 5.11 Å². The molecule has 0 saturated carbocycles. The Morgan fingerprint density at radius 2 is 2.00 bits per heavy atom. The highest BCUT2D eigenvalue weighted by Crippen LogP contribution is 2.14. The summed E-state index contributed by atoms with van der Waals surface area (Å²) < 4.78 is 5.04. The van der Waals surface area contributed by atoms with Gasteiger partial charge in [0.25, 0.3) is 0 Å². The van der Waals surface area contributed by atoms with Crippen LogP contribution >= 0.6 is 0 Å². The van der Waals surface area contributed by atoms with Gasteiger partial charge in [-0.25, -0.2) is 0 Å². The van der Waals surface area contributed by atoms with Crippen molar-refractivity contribution >= 4 is 5.69 Å². The Balaban J connectivity index is 2.43. The first-order valence-electron chi connectivity index (χ1n) is 4.82. The van der Waals surface area contributed by atoms with Gasteiger partial charge in [0, 0.05) is 12.2 Å². The van der Waals surface area contributed by atoms with Crippen molar-refractivity contribution in [1.82, 2.24) is 0 Å². The quantitative estimate of drug-likeness (QED) is 0.753. The van der Waals surface area contributed by atoms with Crippen molar-refractivity contribution in [3.05, 3.63) is 24.3 Å². The smallest absolute Gasteiger partial charge is 0.119 e. The zero-order chi connectivity index (χ0) is 10.4. The number of hydrogen-bond donors (Lipinski definition) is 2. The van der Waals surface area contributed by atoms with Crippen LogP contribution in [0, 0.1) is 0 Å². The number of benzene rings is 1. The molecular formula is C11H17NO2. The summed E-state index contributed by atoms with van der Waals surface area (Å²) in [5, 5.41) is 12.5. The first kappa shape index (κ1) is 10.9. The van der Waals surface area contributed by atoms with E-state index in [1.807, 2.05) is 31.2 Å². The van der Waals surface area contributed by atoms with E-state index < -0.39 is 0 Å². The van der Waals surface area contributed by atoms with Gasteiger partial charge in [0.15, 0.2) is 0 Å². The molecule has 0 aliphatic rings. The summed E-state index contributed by atoms with van der Waals surface area (Å²) in [5.41, 5.74) is 0.998. The Morgan fingerprint density at radius 3 is 2.50 bits per heavy atom. The standard InChI is InChI=1S/C11H17NO2/c1-3-10(13)8-12-9-4-6-11(14-2)7-5-9/h4-7,10,12-13H,3,8H2,1-2H3.